The largest absolute Gasteiger partial charge is 0.394 e. The fraction of sp³-hybridized carbons (Fsp3) is 0.273. The van der Waals surface area contributed by atoms with Crippen molar-refractivity contribution >= 4 is 34.9 Å². The van der Waals surface area contributed by atoms with Crippen molar-refractivity contribution in [1.82, 2.24) is 15.3 Å². The Balaban J connectivity index is 1.52. The highest BCUT2D eigenvalue weighted by Crippen LogP contribution is 2.39. The average molecular weight is 461 g/mol. The van der Waals surface area contributed by atoms with Crippen molar-refractivity contribution in [2.75, 3.05) is 11.9 Å². The first kappa shape index (κ1) is 21.6. The quantitative estimate of drug-likeness (QED) is 0.368. The van der Waals surface area contributed by atoms with E-state index in [9.17, 15) is 15.0 Å². The van der Waals surface area contributed by atoms with Crippen molar-refractivity contribution in [2.45, 2.75) is 31.0 Å². The van der Waals surface area contributed by atoms with Gasteiger partial charge in [0.1, 0.15) is 11.5 Å². The summed E-state index contributed by atoms with van der Waals surface area (Å²) in [5, 5.41) is 26.4. The Bertz CT molecular complexity index is 1120. The van der Waals surface area contributed by atoms with Gasteiger partial charge >= 0.3 is 0 Å². The number of nitrogens with one attached hydrogen (secondary N) is 3. The van der Waals surface area contributed by atoms with Crippen molar-refractivity contribution in [3.05, 3.63) is 70.1 Å². The number of H-pyrrole nitrogens is 1. The summed E-state index contributed by atoms with van der Waals surface area (Å²) in [5.41, 5.74) is 2.05. The molecule has 1 aromatic carbocycles. The second-order valence-electron chi connectivity index (χ2n) is 7.88. The molecule has 1 aliphatic carbocycles. The van der Waals surface area contributed by atoms with Crippen LogP contribution >= 0.6 is 23.2 Å². The Kier molecular flexibility index (Phi) is 5.94. The van der Waals surface area contributed by atoms with Gasteiger partial charge in [0, 0.05) is 35.0 Å². The van der Waals surface area contributed by atoms with Gasteiger partial charge in [-0.1, -0.05) is 35.3 Å². The Hall–Kier alpha value is -2.58. The zero-order valence-electron chi connectivity index (χ0n) is 16.7. The molecule has 0 saturated heterocycles. The maximum absolute atomic E-state index is 12.7. The van der Waals surface area contributed by atoms with Crippen molar-refractivity contribution in [2.24, 2.45) is 0 Å². The second-order valence-corrected chi connectivity index (χ2v) is 8.72. The van der Waals surface area contributed by atoms with Gasteiger partial charge in [0.2, 0.25) is 0 Å². The Morgan fingerprint density at radius 2 is 2.13 bits per heavy atom. The maximum Gasteiger partial charge on any atom is 0.268 e. The number of aromatic amines is 1. The third kappa shape index (κ3) is 4.70. The number of halogens is 2. The van der Waals surface area contributed by atoms with Crippen molar-refractivity contribution in [3.8, 4) is 11.1 Å². The predicted octanol–water partition coefficient (Wildman–Crippen LogP) is 3.78. The van der Waals surface area contributed by atoms with Crippen LogP contribution in [-0.2, 0) is 0 Å². The van der Waals surface area contributed by atoms with Crippen LogP contribution in [0, 0.1) is 0 Å². The molecule has 1 saturated carbocycles. The fourth-order valence-electron chi connectivity index (χ4n) is 3.37. The molecule has 4 rings (SSSR count). The van der Waals surface area contributed by atoms with Crippen LogP contribution in [0.3, 0.4) is 0 Å². The van der Waals surface area contributed by atoms with Crippen LogP contribution in [0.25, 0.3) is 11.1 Å². The summed E-state index contributed by atoms with van der Waals surface area (Å²) in [5.74, 6) is 0.217. The molecule has 1 amide bonds. The number of aliphatic hydroxyl groups excluding tert-OH is 2. The number of carbonyl (C=O) groups excluding carboxylic acids is 1. The van der Waals surface area contributed by atoms with Crippen molar-refractivity contribution in [3.63, 3.8) is 0 Å². The summed E-state index contributed by atoms with van der Waals surface area (Å²) >= 11 is 12.4. The summed E-state index contributed by atoms with van der Waals surface area (Å²) in [6, 6.07) is 9.85. The molecule has 0 spiro atoms. The van der Waals surface area contributed by atoms with Crippen LogP contribution in [0.4, 0.5) is 5.82 Å². The monoisotopic (exact) mass is 460 g/mol. The van der Waals surface area contributed by atoms with E-state index in [0.29, 0.717) is 44.7 Å². The van der Waals surface area contributed by atoms with E-state index in [1.54, 1.807) is 42.6 Å². The number of hydrogen-bond acceptors (Lipinski definition) is 5. The van der Waals surface area contributed by atoms with Gasteiger partial charge in [-0.25, -0.2) is 4.98 Å². The van der Waals surface area contributed by atoms with Crippen LogP contribution in [0.5, 0.6) is 0 Å². The smallest absolute Gasteiger partial charge is 0.268 e. The number of amides is 1. The number of benzene rings is 1. The number of anilines is 1. The summed E-state index contributed by atoms with van der Waals surface area (Å²) in [4.78, 5) is 20.0. The highest BCUT2D eigenvalue weighted by molar-refractivity contribution is 6.33. The second kappa shape index (κ2) is 8.51. The molecule has 3 aromatic rings. The third-order valence-electron chi connectivity index (χ3n) is 5.44. The molecule has 2 heterocycles. The lowest BCUT2D eigenvalue weighted by Gasteiger charge is -2.16. The highest BCUT2D eigenvalue weighted by atomic mass is 35.5. The molecule has 5 N–H and O–H groups in total. The maximum atomic E-state index is 12.7. The molecule has 162 valence electrons. The first-order valence-electron chi connectivity index (χ1n) is 9.77. The number of aromatic nitrogens is 2. The number of rotatable bonds is 7. The van der Waals surface area contributed by atoms with E-state index in [1.165, 1.54) is 6.20 Å². The Morgan fingerprint density at radius 3 is 2.81 bits per heavy atom. The molecule has 9 heteroatoms. The number of aliphatic hydroxyl groups is 2. The van der Waals surface area contributed by atoms with Crippen LogP contribution in [0.1, 0.15) is 35.4 Å². The number of carbonyl (C=O) groups is 1. The van der Waals surface area contributed by atoms with E-state index in [2.05, 4.69) is 20.6 Å². The minimum Gasteiger partial charge on any atom is -0.394 e. The molecular formula is C22H22Cl2N4O3. The van der Waals surface area contributed by atoms with Gasteiger partial charge in [0.25, 0.3) is 5.91 Å². The number of hydrogen-bond donors (Lipinski definition) is 5. The van der Waals surface area contributed by atoms with Gasteiger partial charge < -0.3 is 25.8 Å². The molecule has 7 nitrogen and oxygen atoms in total. The van der Waals surface area contributed by atoms with Crippen LogP contribution < -0.4 is 10.6 Å². The number of pyridine rings is 1. The molecule has 3 atom stereocenters. The van der Waals surface area contributed by atoms with Crippen molar-refractivity contribution in [1.29, 1.82) is 0 Å². The average Bonchev–Trinajstić information content (AvgIpc) is 3.13. The molecule has 1 fully saturated rings. The van der Waals surface area contributed by atoms with Gasteiger partial charge in [-0.15, -0.1) is 0 Å². The minimum atomic E-state index is -0.594. The summed E-state index contributed by atoms with van der Waals surface area (Å²) in [7, 11) is 0. The topological polar surface area (TPSA) is 110 Å². The van der Waals surface area contributed by atoms with Crippen LogP contribution in [-0.4, -0.2) is 44.3 Å². The van der Waals surface area contributed by atoms with E-state index in [0.717, 1.165) is 0 Å². The lowest BCUT2D eigenvalue weighted by atomic mass is 10.1. The molecule has 31 heavy (non-hydrogen) atoms. The molecule has 1 aliphatic rings. The summed E-state index contributed by atoms with van der Waals surface area (Å²) < 4.78 is 0. The minimum absolute atomic E-state index is 0.268. The predicted molar refractivity (Wildman–Crippen MR) is 120 cm³/mol. The standard InChI is InChI=1S/C22H22Cl2N4O3/c1-22(8-19(22)30)28-20-7-15(16(24)10-26-20)13-6-17(25-9-13)21(31)27-18(11-29)12-3-2-4-14(23)5-12/h2-7,9-10,18-19,25,29-30H,8,11H2,1H3,(H,26,28)(H,27,31)/t18-,19?,22?/m1/s1. The molecular weight excluding hydrogens is 439 g/mol. The molecule has 0 aliphatic heterocycles. The normalized spacial score (nSPS) is 20.9. The summed E-state index contributed by atoms with van der Waals surface area (Å²) in [6.45, 7) is 1.65. The van der Waals surface area contributed by atoms with Gasteiger partial charge in [-0.05, 0) is 36.8 Å². The van der Waals surface area contributed by atoms with Gasteiger partial charge in [0.15, 0.2) is 0 Å². The third-order valence-corrected chi connectivity index (χ3v) is 5.98. The zero-order chi connectivity index (χ0) is 22.2. The zero-order valence-corrected chi connectivity index (χ0v) is 18.2. The van der Waals surface area contributed by atoms with Crippen LogP contribution in [0.2, 0.25) is 10.0 Å². The van der Waals surface area contributed by atoms with E-state index < -0.39 is 12.1 Å². The Labute approximate surface area is 189 Å². The molecule has 0 radical (unpaired) electrons. The first-order chi connectivity index (χ1) is 14.8. The first-order valence-corrected chi connectivity index (χ1v) is 10.5. The van der Waals surface area contributed by atoms with E-state index in [4.69, 9.17) is 23.2 Å². The lowest BCUT2D eigenvalue weighted by molar-refractivity contribution is 0.0911. The Morgan fingerprint density at radius 1 is 1.35 bits per heavy atom. The van der Waals surface area contributed by atoms with E-state index in [1.807, 2.05) is 6.92 Å². The molecule has 0 bridgehead atoms. The van der Waals surface area contributed by atoms with Crippen molar-refractivity contribution < 1.29 is 15.0 Å². The van der Waals surface area contributed by atoms with Crippen LogP contribution in [0.15, 0.2) is 48.8 Å². The fourth-order valence-corrected chi connectivity index (χ4v) is 3.78. The van der Waals surface area contributed by atoms with Gasteiger partial charge in [-0.3, -0.25) is 4.79 Å². The summed E-state index contributed by atoms with van der Waals surface area (Å²) in [6.07, 6.45) is 3.46. The lowest BCUT2D eigenvalue weighted by Crippen LogP contribution is -2.31. The SMILES string of the molecule is CC1(Nc2cc(-c3c[nH]c(C(=O)N[C@H](CO)c4cccc(Cl)c4)c3)c(Cl)cn2)CC1O. The number of nitrogens with zero attached hydrogens (tertiary/aromatic N) is 1. The van der Waals surface area contributed by atoms with E-state index >= 15 is 0 Å². The molecule has 2 aromatic heterocycles. The van der Waals surface area contributed by atoms with E-state index in [-0.39, 0.29) is 18.1 Å². The molecule has 2 unspecified atom stereocenters. The highest BCUT2D eigenvalue weighted by Gasteiger charge is 2.49. The van der Waals surface area contributed by atoms with Gasteiger partial charge in [-0.2, -0.15) is 0 Å². The van der Waals surface area contributed by atoms with Gasteiger partial charge in [0.05, 0.1) is 29.3 Å².